The second-order valence-corrected chi connectivity index (χ2v) is 6.38. The Labute approximate surface area is 149 Å². The fraction of sp³-hybridized carbons (Fsp3) is 0.389. The summed E-state index contributed by atoms with van der Waals surface area (Å²) in [5.41, 5.74) is 0.917. The fourth-order valence-corrected chi connectivity index (χ4v) is 3.08. The Balaban J connectivity index is 1.50. The van der Waals surface area contributed by atoms with Crippen LogP contribution in [-0.4, -0.2) is 35.6 Å². The van der Waals surface area contributed by atoms with Crippen LogP contribution in [0.4, 0.5) is 10.5 Å². The maximum Gasteiger partial charge on any atom is 0.371 e. The number of aromatic carboxylic acids is 1. The molecule has 0 unspecified atom stereocenters. The normalized spacial score (nSPS) is 14.8. The third-order valence-corrected chi connectivity index (χ3v) is 4.36. The van der Waals surface area contributed by atoms with Gasteiger partial charge in [-0.15, -0.1) is 0 Å². The number of hydrogen-bond acceptors (Lipinski definition) is 4. The van der Waals surface area contributed by atoms with Crippen molar-refractivity contribution < 1.29 is 23.9 Å². The molecule has 1 aromatic heterocycles. The Bertz CT molecular complexity index is 823. The van der Waals surface area contributed by atoms with Crippen LogP contribution in [0.15, 0.2) is 28.7 Å². The molecule has 1 aliphatic rings. The van der Waals surface area contributed by atoms with Gasteiger partial charge in [0.15, 0.2) is 0 Å². The van der Waals surface area contributed by atoms with E-state index < -0.39 is 5.97 Å². The lowest BCUT2D eigenvalue weighted by atomic mass is 9.96. The van der Waals surface area contributed by atoms with Crippen molar-refractivity contribution >= 4 is 34.6 Å². The van der Waals surface area contributed by atoms with E-state index in [1.807, 2.05) is 0 Å². The van der Waals surface area contributed by atoms with Gasteiger partial charge in [0.05, 0.1) is 6.54 Å². The summed E-state index contributed by atoms with van der Waals surface area (Å²) in [5, 5.41) is 17.6. The van der Waals surface area contributed by atoms with E-state index in [9.17, 15) is 14.4 Å². The van der Waals surface area contributed by atoms with E-state index in [-0.39, 0.29) is 30.3 Å². The molecule has 3 amide bonds. The van der Waals surface area contributed by atoms with Crippen LogP contribution >= 0.6 is 0 Å². The number of furan rings is 1. The number of nitrogens with one attached hydrogen (secondary N) is 3. The molecule has 26 heavy (non-hydrogen) atoms. The van der Waals surface area contributed by atoms with Gasteiger partial charge in [0.25, 0.3) is 0 Å². The van der Waals surface area contributed by atoms with Crippen molar-refractivity contribution in [2.24, 2.45) is 0 Å². The Kier molecular flexibility index (Phi) is 5.40. The molecule has 1 saturated carbocycles. The van der Waals surface area contributed by atoms with Gasteiger partial charge in [-0.05, 0) is 37.1 Å². The van der Waals surface area contributed by atoms with E-state index >= 15 is 0 Å². The number of amides is 3. The molecule has 1 aliphatic carbocycles. The standard InChI is InChI=1S/C18H21N3O5/c22-16(10-19-18(25)21-12-4-2-1-3-5-12)20-13-6-7-14-11(8-13)9-15(26-14)17(23)24/h6-9,12H,1-5,10H2,(H,20,22)(H,23,24)(H2,19,21,25). The lowest BCUT2D eigenvalue weighted by Crippen LogP contribution is -2.45. The molecule has 0 spiro atoms. The summed E-state index contributed by atoms with van der Waals surface area (Å²) >= 11 is 0. The Morgan fingerprint density at radius 2 is 1.88 bits per heavy atom. The van der Waals surface area contributed by atoms with E-state index in [1.165, 1.54) is 12.5 Å². The lowest BCUT2D eigenvalue weighted by molar-refractivity contribution is -0.115. The van der Waals surface area contributed by atoms with Gasteiger partial charge < -0.3 is 25.5 Å². The molecule has 0 atom stereocenters. The van der Waals surface area contributed by atoms with Gasteiger partial charge in [0.1, 0.15) is 5.58 Å². The van der Waals surface area contributed by atoms with Crippen molar-refractivity contribution in [1.29, 1.82) is 0 Å². The quantitative estimate of drug-likeness (QED) is 0.654. The molecule has 3 rings (SSSR count). The minimum absolute atomic E-state index is 0.150. The zero-order valence-corrected chi connectivity index (χ0v) is 14.2. The maximum absolute atomic E-state index is 12.0. The topological polar surface area (TPSA) is 121 Å². The minimum Gasteiger partial charge on any atom is -0.475 e. The number of carboxylic acid groups (broad SMARTS) is 1. The summed E-state index contributed by atoms with van der Waals surface area (Å²) < 4.78 is 5.16. The number of fused-ring (bicyclic) bond motifs is 1. The molecule has 0 radical (unpaired) electrons. The number of anilines is 1. The maximum atomic E-state index is 12.0. The van der Waals surface area contributed by atoms with E-state index in [4.69, 9.17) is 9.52 Å². The van der Waals surface area contributed by atoms with Crippen molar-refractivity contribution in [3.05, 3.63) is 30.0 Å². The highest BCUT2D eigenvalue weighted by atomic mass is 16.4. The molecular weight excluding hydrogens is 338 g/mol. The van der Waals surface area contributed by atoms with Crippen LogP contribution in [0.1, 0.15) is 42.7 Å². The van der Waals surface area contributed by atoms with Crippen molar-refractivity contribution in [1.82, 2.24) is 10.6 Å². The van der Waals surface area contributed by atoms with E-state index in [0.29, 0.717) is 16.7 Å². The van der Waals surface area contributed by atoms with Crippen LogP contribution in [0.3, 0.4) is 0 Å². The van der Waals surface area contributed by atoms with Gasteiger partial charge in [-0.2, -0.15) is 0 Å². The molecular formula is C18H21N3O5. The van der Waals surface area contributed by atoms with E-state index in [0.717, 1.165) is 25.7 Å². The highest BCUT2D eigenvalue weighted by Crippen LogP contribution is 2.23. The molecule has 8 heteroatoms. The summed E-state index contributed by atoms with van der Waals surface area (Å²) in [5.74, 6) is -1.69. The molecule has 0 aliphatic heterocycles. The lowest BCUT2D eigenvalue weighted by Gasteiger charge is -2.22. The van der Waals surface area contributed by atoms with Crippen LogP contribution in [0.25, 0.3) is 11.0 Å². The average Bonchev–Trinajstić information content (AvgIpc) is 3.04. The number of urea groups is 1. The highest BCUT2D eigenvalue weighted by molar-refractivity contribution is 5.97. The first-order valence-corrected chi connectivity index (χ1v) is 8.62. The van der Waals surface area contributed by atoms with Crippen molar-refractivity contribution in [3.8, 4) is 0 Å². The van der Waals surface area contributed by atoms with Gasteiger partial charge in [-0.25, -0.2) is 9.59 Å². The van der Waals surface area contributed by atoms with Crippen LogP contribution in [0.5, 0.6) is 0 Å². The molecule has 0 bridgehead atoms. The monoisotopic (exact) mass is 359 g/mol. The zero-order chi connectivity index (χ0) is 18.5. The summed E-state index contributed by atoms with van der Waals surface area (Å²) in [7, 11) is 0. The first-order chi connectivity index (χ1) is 12.5. The highest BCUT2D eigenvalue weighted by Gasteiger charge is 2.16. The molecule has 138 valence electrons. The summed E-state index contributed by atoms with van der Waals surface area (Å²) in [6, 6.07) is 6.04. The van der Waals surface area contributed by atoms with Crippen LogP contribution in [0.2, 0.25) is 0 Å². The summed E-state index contributed by atoms with van der Waals surface area (Å²) in [4.78, 5) is 34.7. The Hall–Kier alpha value is -3.03. The number of hydrogen-bond donors (Lipinski definition) is 4. The predicted molar refractivity (Wildman–Crippen MR) is 95.2 cm³/mol. The molecule has 1 aromatic carbocycles. The van der Waals surface area contributed by atoms with Crippen LogP contribution in [0, 0.1) is 0 Å². The van der Waals surface area contributed by atoms with Crippen molar-refractivity contribution in [2.75, 3.05) is 11.9 Å². The Morgan fingerprint density at radius 1 is 1.12 bits per heavy atom. The van der Waals surface area contributed by atoms with Crippen molar-refractivity contribution in [2.45, 2.75) is 38.1 Å². The first kappa shape index (κ1) is 17.8. The van der Waals surface area contributed by atoms with E-state index in [2.05, 4.69) is 16.0 Å². The fourth-order valence-electron chi connectivity index (χ4n) is 3.08. The second kappa shape index (κ2) is 7.90. The van der Waals surface area contributed by atoms with Gasteiger partial charge >= 0.3 is 12.0 Å². The molecule has 1 heterocycles. The number of benzene rings is 1. The third kappa shape index (κ3) is 4.53. The summed E-state index contributed by atoms with van der Waals surface area (Å²) in [6.45, 7) is -0.150. The number of carbonyl (C=O) groups is 3. The average molecular weight is 359 g/mol. The van der Waals surface area contributed by atoms with Gasteiger partial charge in [0.2, 0.25) is 11.7 Å². The van der Waals surface area contributed by atoms with Crippen molar-refractivity contribution in [3.63, 3.8) is 0 Å². The SMILES string of the molecule is O=C(CNC(=O)NC1CCCCC1)Nc1ccc2oc(C(=O)O)cc2c1. The predicted octanol–water partition coefficient (Wildman–Crippen LogP) is 2.70. The second-order valence-electron chi connectivity index (χ2n) is 6.38. The molecule has 4 N–H and O–H groups in total. The van der Waals surface area contributed by atoms with Gasteiger partial charge in [0, 0.05) is 17.1 Å². The van der Waals surface area contributed by atoms with Crippen LogP contribution < -0.4 is 16.0 Å². The number of carbonyl (C=O) groups excluding carboxylic acids is 2. The van der Waals surface area contributed by atoms with Gasteiger partial charge in [-0.1, -0.05) is 19.3 Å². The third-order valence-electron chi connectivity index (χ3n) is 4.36. The smallest absolute Gasteiger partial charge is 0.371 e. The van der Waals surface area contributed by atoms with Gasteiger partial charge in [-0.3, -0.25) is 4.79 Å². The molecule has 0 saturated heterocycles. The number of rotatable bonds is 5. The molecule has 1 fully saturated rings. The zero-order valence-electron chi connectivity index (χ0n) is 14.2. The number of carboxylic acids is 1. The minimum atomic E-state index is -1.15. The first-order valence-electron chi connectivity index (χ1n) is 8.62. The molecule has 2 aromatic rings. The summed E-state index contributed by atoms with van der Waals surface area (Å²) in [6.07, 6.45) is 5.39. The Morgan fingerprint density at radius 3 is 2.62 bits per heavy atom. The van der Waals surface area contributed by atoms with E-state index in [1.54, 1.807) is 18.2 Å². The largest absolute Gasteiger partial charge is 0.475 e. The molecule has 8 nitrogen and oxygen atoms in total. The van der Waals surface area contributed by atoms with Crippen LogP contribution in [-0.2, 0) is 4.79 Å².